The highest BCUT2D eigenvalue weighted by molar-refractivity contribution is 6.52. The molecular formula is C13H18BClN2O2. The Morgan fingerprint density at radius 1 is 1.21 bits per heavy atom. The van der Waals surface area contributed by atoms with Crippen molar-refractivity contribution >= 4 is 30.5 Å². The predicted octanol–water partition coefficient (Wildman–Crippen LogP) is 2.96. The van der Waals surface area contributed by atoms with Crippen LogP contribution >= 0.6 is 11.6 Å². The zero-order chi connectivity index (χ0) is 14.3. The van der Waals surface area contributed by atoms with Crippen molar-refractivity contribution in [2.75, 3.05) is 5.73 Å². The number of nitrogen functional groups attached to an aromatic ring is 1. The second kappa shape index (κ2) is 4.82. The zero-order valence-corrected chi connectivity index (χ0v) is 12.4. The summed E-state index contributed by atoms with van der Waals surface area (Å²) in [5, 5.41) is 0.441. The van der Waals surface area contributed by atoms with Gasteiger partial charge in [-0.05, 0) is 27.7 Å². The average Bonchev–Trinajstić information content (AvgIpc) is 2.50. The molecule has 6 heteroatoms. The zero-order valence-electron chi connectivity index (χ0n) is 11.6. The van der Waals surface area contributed by atoms with Crippen LogP contribution < -0.4 is 5.73 Å². The van der Waals surface area contributed by atoms with Crippen LogP contribution in [0.3, 0.4) is 0 Å². The van der Waals surface area contributed by atoms with Crippen molar-refractivity contribution in [3.63, 3.8) is 0 Å². The minimum Gasteiger partial charge on any atom is -0.400 e. The van der Waals surface area contributed by atoms with Crippen LogP contribution in [0.2, 0.25) is 5.02 Å². The normalized spacial score (nSPS) is 21.2. The van der Waals surface area contributed by atoms with Gasteiger partial charge in [0.15, 0.2) is 0 Å². The molecule has 102 valence electrons. The molecule has 0 aromatic carbocycles. The molecule has 0 spiro atoms. The maximum absolute atomic E-state index is 5.92. The maximum atomic E-state index is 5.92. The summed E-state index contributed by atoms with van der Waals surface area (Å²) in [7, 11) is -0.400. The van der Waals surface area contributed by atoms with Crippen molar-refractivity contribution in [2.45, 2.75) is 38.9 Å². The molecule has 0 amide bonds. The highest BCUT2D eigenvalue weighted by Crippen LogP contribution is 2.37. The average molecular weight is 281 g/mol. The molecule has 1 aliphatic rings. The van der Waals surface area contributed by atoms with Crippen LogP contribution in [0.1, 0.15) is 33.3 Å². The van der Waals surface area contributed by atoms with E-state index in [4.69, 9.17) is 26.6 Å². The van der Waals surface area contributed by atoms with Gasteiger partial charge in [0.05, 0.1) is 21.9 Å². The van der Waals surface area contributed by atoms with E-state index in [-0.39, 0.29) is 11.2 Å². The molecule has 0 saturated carbocycles. The van der Waals surface area contributed by atoms with Gasteiger partial charge in [0.25, 0.3) is 0 Å². The summed E-state index contributed by atoms with van der Waals surface area (Å²) in [6.07, 6.45) is 4.99. The van der Waals surface area contributed by atoms with Crippen molar-refractivity contribution in [1.82, 2.24) is 4.98 Å². The van der Waals surface area contributed by atoms with Crippen LogP contribution in [-0.4, -0.2) is 23.3 Å². The van der Waals surface area contributed by atoms with Gasteiger partial charge in [0.2, 0.25) is 0 Å². The standard InChI is InChI=1S/C13H18BClN2O2/c1-12(2)13(3,4)19-14(18-12)6-5-9-7-17-8-10(15)11(9)16/h5-8H,1-4H3,(H2,16,17)/b6-5+. The Kier molecular flexibility index (Phi) is 3.64. The Balaban J connectivity index is 2.15. The van der Waals surface area contributed by atoms with E-state index in [1.54, 1.807) is 6.20 Å². The molecule has 1 aromatic rings. The maximum Gasteiger partial charge on any atom is 0.487 e. The molecule has 1 aromatic heterocycles. The van der Waals surface area contributed by atoms with Gasteiger partial charge in [-0.2, -0.15) is 0 Å². The Hall–Kier alpha value is -1.04. The highest BCUT2D eigenvalue weighted by atomic mass is 35.5. The lowest BCUT2D eigenvalue weighted by atomic mass is 9.89. The van der Waals surface area contributed by atoms with Crippen molar-refractivity contribution in [3.05, 3.63) is 29.0 Å². The van der Waals surface area contributed by atoms with Gasteiger partial charge >= 0.3 is 7.12 Å². The summed E-state index contributed by atoms with van der Waals surface area (Å²) in [6, 6.07) is 0. The van der Waals surface area contributed by atoms with Crippen molar-refractivity contribution < 1.29 is 9.31 Å². The highest BCUT2D eigenvalue weighted by Gasteiger charge is 2.49. The Bertz CT molecular complexity index is 501. The van der Waals surface area contributed by atoms with Gasteiger partial charge < -0.3 is 15.0 Å². The molecule has 1 saturated heterocycles. The van der Waals surface area contributed by atoms with Crippen molar-refractivity contribution in [1.29, 1.82) is 0 Å². The summed E-state index contributed by atoms with van der Waals surface area (Å²) < 4.78 is 11.7. The van der Waals surface area contributed by atoms with Crippen LogP contribution in [0.25, 0.3) is 6.08 Å². The summed E-state index contributed by atoms with van der Waals surface area (Å²) in [6.45, 7) is 8.04. The van der Waals surface area contributed by atoms with E-state index >= 15 is 0 Å². The quantitative estimate of drug-likeness (QED) is 0.846. The summed E-state index contributed by atoms with van der Waals surface area (Å²) in [5.41, 5.74) is 6.43. The van der Waals surface area contributed by atoms with E-state index in [0.717, 1.165) is 5.56 Å². The van der Waals surface area contributed by atoms with Gasteiger partial charge in [0, 0.05) is 18.0 Å². The van der Waals surface area contributed by atoms with Gasteiger partial charge in [0.1, 0.15) is 0 Å². The minimum absolute atomic E-state index is 0.347. The summed E-state index contributed by atoms with van der Waals surface area (Å²) in [4.78, 5) is 4.00. The predicted molar refractivity (Wildman–Crippen MR) is 78.8 cm³/mol. The minimum atomic E-state index is -0.400. The van der Waals surface area contributed by atoms with Crippen molar-refractivity contribution in [2.24, 2.45) is 0 Å². The van der Waals surface area contributed by atoms with E-state index < -0.39 is 7.12 Å². The molecule has 2 N–H and O–H groups in total. The second-order valence-corrected chi connectivity index (χ2v) is 6.02. The Morgan fingerprint density at radius 3 is 2.37 bits per heavy atom. The first-order chi connectivity index (χ1) is 8.73. The van der Waals surface area contributed by atoms with E-state index in [9.17, 15) is 0 Å². The van der Waals surface area contributed by atoms with Crippen LogP contribution in [-0.2, 0) is 9.31 Å². The van der Waals surface area contributed by atoms with Gasteiger partial charge in [-0.25, -0.2) is 0 Å². The lowest BCUT2D eigenvalue weighted by Crippen LogP contribution is -2.41. The third-order valence-electron chi connectivity index (χ3n) is 3.67. The monoisotopic (exact) mass is 280 g/mol. The van der Waals surface area contributed by atoms with Crippen LogP contribution in [0.5, 0.6) is 0 Å². The van der Waals surface area contributed by atoms with E-state index in [1.165, 1.54) is 6.20 Å². The smallest absolute Gasteiger partial charge is 0.400 e. The number of halogens is 1. The summed E-state index contributed by atoms with van der Waals surface area (Å²) in [5.74, 6) is 1.82. The molecule has 1 aliphatic heterocycles. The lowest BCUT2D eigenvalue weighted by molar-refractivity contribution is 0.00578. The molecule has 2 heterocycles. The fourth-order valence-corrected chi connectivity index (χ4v) is 1.91. The largest absolute Gasteiger partial charge is 0.487 e. The first-order valence-corrected chi connectivity index (χ1v) is 6.53. The molecule has 0 radical (unpaired) electrons. The first kappa shape index (κ1) is 14.4. The fraction of sp³-hybridized carbons (Fsp3) is 0.462. The van der Waals surface area contributed by atoms with Crippen LogP contribution in [0.4, 0.5) is 5.69 Å². The SMILES string of the molecule is CC1(C)OB(/C=C/c2cncc(Cl)c2N)OC1(C)C. The second-order valence-electron chi connectivity index (χ2n) is 5.61. The number of aromatic nitrogens is 1. The number of nitrogens with two attached hydrogens (primary N) is 1. The van der Waals surface area contributed by atoms with Crippen molar-refractivity contribution in [3.8, 4) is 0 Å². The van der Waals surface area contributed by atoms with Crippen LogP contribution in [0.15, 0.2) is 18.4 Å². The number of nitrogens with zero attached hydrogens (tertiary/aromatic N) is 1. The molecule has 2 rings (SSSR count). The number of hydrogen-bond donors (Lipinski definition) is 1. The van der Waals surface area contributed by atoms with Crippen LogP contribution in [0, 0.1) is 0 Å². The van der Waals surface area contributed by atoms with E-state index in [2.05, 4.69) is 4.98 Å². The molecule has 0 unspecified atom stereocenters. The molecule has 19 heavy (non-hydrogen) atoms. The summed E-state index contributed by atoms with van der Waals surface area (Å²) >= 11 is 5.92. The van der Waals surface area contributed by atoms with Gasteiger partial charge in [-0.1, -0.05) is 23.7 Å². The molecule has 0 bridgehead atoms. The molecule has 4 nitrogen and oxygen atoms in total. The number of pyridine rings is 1. The Morgan fingerprint density at radius 2 is 1.79 bits per heavy atom. The first-order valence-electron chi connectivity index (χ1n) is 6.16. The fourth-order valence-electron chi connectivity index (χ4n) is 1.74. The topological polar surface area (TPSA) is 57.4 Å². The van der Waals surface area contributed by atoms with Gasteiger partial charge in [-0.3, -0.25) is 4.98 Å². The molecule has 0 atom stereocenters. The molecular weight excluding hydrogens is 262 g/mol. The lowest BCUT2D eigenvalue weighted by Gasteiger charge is -2.32. The number of rotatable bonds is 2. The molecule has 0 aliphatic carbocycles. The third-order valence-corrected chi connectivity index (χ3v) is 3.98. The number of hydrogen-bond acceptors (Lipinski definition) is 4. The van der Waals surface area contributed by atoms with E-state index in [1.807, 2.05) is 39.7 Å². The van der Waals surface area contributed by atoms with E-state index in [0.29, 0.717) is 10.7 Å². The van der Waals surface area contributed by atoms with Gasteiger partial charge in [-0.15, -0.1) is 0 Å². The third kappa shape index (κ3) is 2.78. The number of anilines is 1. The Labute approximate surface area is 119 Å². The molecule has 1 fully saturated rings.